The van der Waals surface area contributed by atoms with Gasteiger partial charge in [0.05, 0.1) is 0 Å². The first-order chi connectivity index (χ1) is 14.1. The first kappa shape index (κ1) is 24.5. The number of aliphatic imine (C=N–C) groups is 1. The van der Waals surface area contributed by atoms with Crippen LogP contribution in [-0.4, -0.2) is 48.1 Å². The number of nitrogens with zero attached hydrogens (tertiary/aromatic N) is 3. The second kappa shape index (κ2) is 12.8. The molecule has 0 amide bonds. The van der Waals surface area contributed by atoms with E-state index in [0.29, 0.717) is 6.04 Å². The molecular formula is C23H33FIN5. The van der Waals surface area contributed by atoms with Crippen LogP contribution in [0.3, 0.4) is 0 Å². The van der Waals surface area contributed by atoms with Crippen molar-refractivity contribution in [3.8, 4) is 0 Å². The van der Waals surface area contributed by atoms with Crippen molar-refractivity contribution in [1.82, 2.24) is 20.5 Å². The molecule has 7 heteroatoms. The minimum absolute atomic E-state index is 0. The number of halogens is 2. The van der Waals surface area contributed by atoms with Crippen LogP contribution in [0, 0.1) is 12.7 Å². The molecule has 0 saturated carbocycles. The van der Waals surface area contributed by atoms with Gasteiger partial charge in [-0.2, -0.15) is 0 Å². The van der Waals surface area contributed by atoms with E-state index >= 15 is 0 Å². The zero-order chi connectivity index (χ0) is 20.5. The number of aryl methyl sites for hydroxylation is 1. The van der Waals surface area contributed by atoms with Crippen molar-refractivity contribution in [2.45, 2.75) is 45.7 Å². The maximum absolute atomic E-state index is 13.1. The number of guanidine groups is 1. The van der Waals surface area contributed by atoms with Crippen LogP contribution in [0.2, 0.25) is 0 Å². The van der Waals surface area contributed by atoms with Crippen molar-refractivity contribution < 1.29 is 4.39 Å². The summed E-state index contributed by atoms with van der Waals surface area (Å²) in [6.45, 7) is 8.62. The Morgan fingerprint density at radius 1 is 1.13 bits per heavy atom. The van der Waals surface area contributed by atoms with Gasteiger partial charge < -0.3 is 10.6 Å². The monoisotopic (exact) mass is 525 g/mol. The number of hydrogen-bond donors (Lipinski definition) is 2. The van der Waals surface area contributed by atoms with Crippen molar-refractivity contribution >= 4 is 29.9 Å². The SMILES string of the molecule is CCNC(=NCCc1ccc(C)nc1)NC1CCN(Cc2ccc(F)cc2)CC1.I. The van der Waals surface area contributed by atoms with Gasteiger partial charge in [0.15, 0.2) is 5.96 Å². The summed E-state index contributed by atoms with van der Waals surface area (Å²) in [7, 11) is 0. The lowest BCUT2D eigenvalue weighted by atomic mass is 10.0. The van der Waals surface area contributed by atoms with Crippen LogP contribution in [-0.2, 0) is 13.0 Å². The van der Waals surface area contributed by atoms with Gasteiger partial charge in [-0.25, -0.2) is 4.39 Å². The number of piperidine rings is 1. The van der Waals surface area contributed by atoms with Crippen molar-refractivity contribution in [3.63, 3.8) is 0 Å². The molecule has 2 N–H and O–H groups in total. The largest absolute Gasteiger partial charge is 0.357 e. The fourth-order valence-electron chi connectivity index (χ4n) is 3.54. The second-order valence-corrected chi connectivity index (χ2v) is 7.64. The summed E-state index contributed by atoms with van der Waals surface area (Å²) < 4.78 is 13.1. The molecule has 0 spiro atoms. The number of nitrogens with one attached hydrogen (secondary N) is 2. The summed E-state index contributed by atoms with van der Waals surface area (Å²) in [6, 6.07) is 11.4. The minimum atomic E-state index is -0.175. The Kier molecular flexibility index (Phi) is 10.5. The molecule has 2 aromatic rings. The Hall–Kier alpha value is -1.74. The predicted octanol–water partition coefficient (Wildman–Crippen LogP) is 3.91. The molecule has 1 saturated heterocycles. The number of aromatic nitrogens is 1. The molecule has 2 heterocycles. The fraction of sp³-hybridized carbons (Fsp3) is 0.478. The third-order valence-electron chi connectivity index (χ3n) is 5.24. The molecule has 1 aliphatic heterocycles. The van der Waals surface area contributed by atoms with Crippen molar-refractivity contribution in [1.29, 1.82) is 0 Å². The van der Waals surface area contributed by atoms with Crippen LogP contribution in [0.1, 0.15) is 36.6 Å². The molecule has 0 bridgehead atoms. The van der Waals surface area contributed by atoms with Gasteiger partial charge in [-0.1, -0.05) is 18.2 Å². The zero-order valence-corrected chi connectivity index (χ0v) is 20.2. The van der Waals surface area contributed by atoms with E-state index in [4.69, 9.17) is 4.99 Å². The predicted molar refractivity (Wildman–Crippen MR) is 132 cm³/mol. The quantitative estimate of drug-likeness (QED) is 0.327. The van der Waals surface area contributed by atoms with E-state index < -0.39 is 0 Å². The topological polar surface area (TPSA) is 52.6 Å². The maximum Gasteiger partial charge on any atom is 0.191 e. The van der Waals surface area contributed by atoms with Gasteiger partial charge in [0.1, 0.15) is 5.82 Å². The first-order valence-corrected chi connectivity index (χ1v) is 10.6. The average molecular weight is 525 g/mol. The maximum atomic E-state index is 13.1. The molecule has 0 unspecified atom stereocenters. The fourth-order valence-corrected chi connectivity index (χ4v) is 3.54. The van der Waals surface area contributed by atoms with E-state index in [1.165, 1.54) is 23.3 Å². The van der Waals surface area contributed by atoms with Crippen LogP contribution in [0.15, 0.2) is 47.6 Å². The number of hydrogen-bond acceptors (Lipinski definition) is 3. The summed E-state index contributed by atoms with van der Waals surface area (Å²) in [6.07, 6.45) is 4.98. The van der Waals surface area contributed by atoms with Crippen LogP contribution < -0.4 is 10.6 Å². The molecule has 30 heavy (non-hydrogen) atoms. The Labute approximate surface area is 196 Å². The molecule has 5 nitrogen and oxygen atoms in total. The third kappa shape index (κ3) is 8.18. The van der Waals surface area contributed by atoms with Crippen LogP contribution in [0.25, 0.3) is 0 Å². The molecule has 1 aromatic carbocycles. The highest BCUT2D eigenvalue weighted by atomic mass is 127. The first-order valence-electron chi connectivity index (χ1n) is 10.6. The molecule has 0 atom stereocenters. The third-order valence-corrected chi connectivity index (χ3v) is 5.24. The van der Waals surface area contributed by atoms with E-state index in [-0.39, 0.29) is 29.8 Å². The number of benzene rings is 1. The van der Waals surface area contributed by atoms with Gasteiger partial charge in [0.25, 0.3) is 0 Å². The van der Waals surface area contributed by atoms with Gasteiger partial charge in [0.2, 0.25) is 0 Å². The highest BCUT2D eigenvalue weighted by molar-refractivity contribution is 14.0. The lowest BCUT2D eigenvalue weighted by Gasteiger charge is -2.33. The number of likely N-dealkylation sites (tertiary alicyclic amines) is 1. The van der Waals surface area contributed by atoms with Gasteiger partial charge >= 0.3 is 0 Å². The summed E-state index contributed by atoms with van der Waals surface area (Å²) in [5, 5.41) is 6.95. The van der Waals surface area contributed by atoms with Crippen molar-refractivity contribution in [2.75, 3.05) is 26.2 Å². The molecule has 0 radical (unpaired) electrons. The van der Waals surface area contributed by atoms with Crippen LogP contribution in [0.5, 0.6) is 0 Å². The van der Waals surface area contributed by atoms with Gasteiger partial charge in [0, 0.05) is 50.7 Å². The Bertz CT molecular complexity index is 771. The number of pyridine rings is 1. The van der Waals surface area contributed by atoms with E-state index in [9.17, 15) is 4.39 Å². The Morgan fingerprint density at radius 3 is 2.47 bits per heavy atom. The Balaban J connectivity index is 0.00000320. The Morgan fingerprint density at radius 2 is 1.83 bits per heavy atom. The standard InChI is InChI=1S/C23H32FN5.HI/c1-3-25-23(26-13-10-19-5-4-18(2)27-16-19)28-22-11-14-29(15-12-22)17-20-6-8-21(24)9-7-20;/h4-9,16,22H,3,10-15,17H2,1-2H3,(H2,25,26,28);1H. The molecule has 164 valence electrons. The number of rotatable bonds is 7. The summed E-state index contributed by atoms with van der Waals surface area (Å²) in [4.78, 5) is 11.5. The highest BCUT2D eigenvalue weighted by Gasteiger charge is 2.20. The zero-order valence-electron chi connectivity index (χ0n) is 17.9. The normalized spacial score (nSPS) is 15.5. The van der Waals surface area contributed by atoms with Crippen LogP contribution in [0.4, 0.5) is 4.39 Å². The minimum Gasteiger partial charge on any atom is -0.357 e. The molecule has 1 fully saturated rings. The highest BCUT2D eigenvalue weighted by Crippen LogP contribution is 2.14. The molecule has 1 aliphatic rings. The lowest BCUT2D eigenvalue weighted by Crippen LogP contribution is -2.48. The molecule has 0 aliphatic carbocycles. The smallest absolute Gasteiger partial charge is 0.191 e. The van der Waals surface area contributed by atoms with Gasteiger partial charge in [-0.3, -0.25) is 14.9 Å². The van der Waals surface area contributed by atoms with E-state index in [0.717, 1.165) is 63.6 Å². The second-order valence-electron chi connectivity index (χ2n) is 7.64. The van der Waals surface area contributed by atoms with E-state index in [1.54, 1.807) is 0 Å². The van der Waals surface area contributed by atoms with E-state index in [2.05, 4.69) is 33.5 Å². The average Bonchev–Trinajstić information content (AvgIpc) is 2.73. The van der Waals surface area contributed by atoms with Gasteiger partial charge in [-0.05, 0) is 62.4 Å². The molecule has 3 rings (SSSR count). The van der Waals surface area contributed by atoms with Gasteiger partial charge in [-0.15, -0.1) is 24.0 Å². The van der Waals surface area contributed by atoms with Crippen molar-refractivity contribution in [3.05, 3.63) is 65.2 Å². The summed E-state index contributed by atoms with van der Waals surface area (Å²) in [5.74, 6) is 0.718. The molecule has 1 aromatic heterocycles. The van der Waals surface area contributed by atoms with Crippen LogP contribution >= 0.6 is 24.0 Å². The van der Waals surface area contributed by atoms with Crippen molar-refractivity contribution in [2.24, 2.45) is 4.99 Å². The lowest BCUT2D eigenvalue weighted by molar-refractivity contribution is 0.198. The van der Waals surface area contributed by atoms with E-state index in [1.807, 2.05) is 31.3 Å². The summed E-state index contributed by atoms with van der Waals surface area (Å²) >= 11 is 0. The summed E-state index contributed by atoms with van der Waals surface area (Å²) in [5.41, 5.74) is 3.42. The molecular weight excluding hydrogens is 492 g/mol.